The maximum Gasteiger partial charge on any atom is 0.343 e. The lowest BCUT2D eigenvalue weighted by Gasteiger charge is -2.28. The van der Waals surface area contributed by atoms with Crippen LogP contribution in [0.3, 0.4) is 0 Å². The first-order chi connectivity index (χ1) is 10.9. The minimum absolute atomic E-state index is 0.114. The van der Waals surface area contributed by atoms with Gasteiger partial charge in [-0.15, -0.1) is 0 Å². The Morgan fingerprint density at radius 1 is 1.48 bits per heavy atom. The maximum atomic E-state index is 14.1. The van der Waals surface area contributed by atoms with Gasteiger partial charge in [-0.3, -0.25) is 4.79 Å². The van der Waals surface area contributed by atoms with Gasteiger partial charge in [0.15, 0.2) is 0 Å². The van der Waals surface area contributed by atoms with E-state index in [9.17, 15) is 14.0 Å². The number of carboxylic acid groups (broad SMARTS) is 1. The van der Waals surface area contributed by atoms with Gasteiger partial charge in [-0.1, -0.05) is 0 Å². The number of likely N-dealkylation sites (tertiary alicyclic amines) is 1. The van der Waals surface area contributed by atoms with Crippen molar-refractivity contribution in [3.63, 3.8) is 0 Å². The molecule has 0 radical (unpaired) electrons. The molecule has 1 N–H and O–H groups in total. The summed E-state index contributed by atoms with van der Waals surface area (Å²) in [6.07, 6.45) is 0.292. The second-order valence-corrected chi connectivity index (χ2v) is 5.97. The molecule has 7 heteroatoms. The molecule has 1 amide bonds. The first-order valence-corrected chi connectivity index (χ1v) is 7.44. The average molecular weight is 323 g/mol. The summed E-state index contributed by atoms with van der Waals surface area (Å²) in [6.45, 7) is -0.0766. The van der Waals surface area contributed by atoms with Gasteiger partial charge >= 0.3 is 5.97 Å². The fourth-order valence-corrected chi connectivity index (χ4v) is 3.05. The maximum absolute atomic E-state index is 14.1. The molecule has 6 nitrogen and oxygen atoms in total. The van der Waals surface area contributed by atoms with Crippen molar-refractivity contribution in [1.82, 2.24) is 4.90 Å². The highest BCUT2D eigenvalue weighted by molar-refractivity contribution is 5.84. The molecule has 2 heterocycles. The second-order valence-electron chi connectivity index (χ2n) is 5.97. The molecule has 124 valence electrons. The smallest absolute Gasteiger partial charge is 0.343 e. The van der Waals surface area contributed by atoms with Crippen LogP contribution in [0.25, 0.3) is 0 Å². The van der Waals surface area contributed by atoms with Crippen LogP contribution < -0.4 is 9.47 Å². The molecule has 1 fully saturated rings. The monoisotopic (exact) mass is 323 g/mol. The summed E-state index contributed by atoms with van der Waals surface area (Å²) >= 11 is 0. The van der Waals surface area contributed by atoms with E-state index in [-0.39, 0.29) is 25.5 Å². The summed E-state index contributed by atoms with van der Waals surface area (Å²) in [6, 6.07) is 5.39. The molecule has 0 aromatic heterocycles. The lowest BCUT2D eigenvalue weighted by molar-refractivity contribution is -0.150. The Bertz CT molecular complexity index is 649. The van der Waals surface area contributed by atoms with Crippen LogP contribution in [0.1, 0.15) is 12.0 Å². The number of fused-ring (bicyclic) bond motifs is 1. The first kappa shape index (κ1) is 15.6. The fourth-order valence-electron chi connectivity index (χ4n) is 3.05. The number of carbonyl (C=O) groups excluding carboxylic acids is 1. The van der Waals surface area contributed by atoms with Crippen molar-refractivity contribution >= 4 is 11.9 Å². The summed E-state index contributed by atoms with van der Waals surface area (Å²) in [7, 11) is 1.56. The van der Waals surface area contributed by atoms with Crippen molar-refractivity contribution in [3.8, 4) is 11.5 Å². The third-order valence-corrected chi connectivity index (χ3v) is 4.44. The number of alkyl halides is 1. The Morgan fingerprint density at radius 2 is 2.26 bits per heavy atom. The number of carboxylic acids is 1. The number of hydrogen-bond acceptors (Lipinski definition) is 4. The van der Waals surface area contributed by atoms with Gasteiger partial charge in [-0.2, -0.15) is 0 Å². The van der Waals surface area contributed by atoms with Crippen LogP contribution in [0.2, 0.25) is 0 Å². The van der Waals surface area contributed by atoms with Crippen molar-refractivity contribution < 1.29 is 28.6 Å². The Kier molecular flexibility index (Phi) is 3.87. The fraction of sp³-hybridized carbons (Fsp3) is 0.500. The van der Waals surface area contributed by atoms with Gasteiger partial charge in [0.05, 0.1) is 19.6 Å². The van der Waals surface area contributed by atoms with E-state index in [2.05, 4.69) is 0 Å². The first-order valence-electron chi connectivity index (χ1n) is 7.44. The normalized spacial score (nSPS) is 26.3. The topological polar surface area (TPSA) is 76.1 Å². The molecule has 2 unspecified atom stereocenters. The van der Waals surface area contributed by atoms with Crippen molar-refractivity contribution in [2.75, 3.05) is 26.8 Å². The van der Waals surface area contributed by atoms with Crippen LogP contribution in [0, 0.1) is 5.92 Å². The van der Waals surface area contributed by atoms with E-state index >= 15 is 0 Å². The van der Waals surface area contributed by atoms with Crippen molar-refractivity contribution in [2.45, 2.75) is 18.5 Å². The van der Waals surface area contributed by atoms with E-state index in [1.165, 1.54) is 4.90 Å². The van der Waals surface area contributed by atoms with Gasteiger partial charge in [0, 0.05) is 13.0 Å². The number of rotatable bonds is 3. The second kappa shape index (κ2) is 5.72. The highest BCUT2D eigenvalue weighted by Gasteiger charge is 2.48. The lowest BCUT2D eigenvalue weighted by Crippen LogP contribution is -2.43. The number of amides is 1. The number of methoxy groups -OCH3 is 1. The lowest BCUT2D eigenvalue weighted by atomic mass is 9.95. The van der Waals surface area contributed by atoms with Crippen molar-refractivity contribution in [3.05, 3.63) is 23.8 Å². The Hall–Kier alpha value is -2.31. The molecular formula is C16H18FNO5. The number of benzene rings is 1. The van der Waals surface area contributed by atoms with Crippen LogP contribution in [0.15, 0.2) is 18.2 Å². The number of halogens is 1. The molecule has 3 rings (SSSR count). The summed E-state index contributed by atoms with van der Waals surface area (Å²) < 4.78 is 24.9. The molecule has 0 bridgehead atoms. The number of carbonyl (C=O) groups is 2. The average Bonchev–Trinajstić information content (AvgIpc) is 2.97. The van der Waals surface area contributed by atoms with Crippen LogP contribution in [0.4, 0.5) is 4.39 Å². The Balaban J connectivity index is 1.71. The minimum atomic E-state index is -2.34. The molecule has 0 spiro atoms. The van der Waals surface area contributed by atoms with Crippen LogP contribution in [-0.2, 0) is 16.0 Å². The van der Waals surface area contributed by atoms with Crippen molar-refractivity contribution in [2.24, 2.45) is 5.92 Å². The van der Waals surface area contributed by atoms with Gasteiger partial charge in [0.1, 0.15) is 18.1 Å². The number of nitrogens with zero attached hydrogens (tertiary/aromatic N) is 1. The molecule has 23 heavy (non-hydrogen) atoms. The third-order valence-electron chi connectivity index (χ3n) is 4.44. The van der Waals surface area contributed by atoms with E-state index in [1.807, 2.05) is 6.07 Å². The Morgan fingerprint density at radius 3 is 2.91 bits per heavy atom. The molecule has 2 aliphatic rings. The van der Waals surface area contributed by atoms with Crippen LogP contribution in [0.5, 0.6) is 11.5 Å². The zero-order chi connectivity index (χ0) is 16.6. The summed E-state index contributed by atoms with van der Waals surface area (Å²) in [5.74, 6) is -0.829. The predicted octanol–water partition coefficient (Wildman–Crippen LogP) is 1.27. The van der Waals surface area contributed by atoms with Crippen molar-refractivity contribution in [1.29, 1.82) is 0 Å². The van der Waals surface area contributed by atoms with E-state index in [4.69, 9.17) is 14.6 Å². The highest BCUT2D eigenvalue weighted by Crippen LogP contribution is 2.33. The summed E-state index contributed by atoms with van der Waals surface area (Å²) in [5.41, 5.74) is -1.48. The highest BCUT2D eigenvalue weighted by atomic mass is 19.1. The molecule has 1 aromatic carbocycles. The van der Waals surface area contributed by atoms with E-state index in [1.54, 1.807) is 19.2 Å². The van der Waals surface area contributed by atoms with Crippen LogP contribution >= 0.6 is 0 Å². The predicted molar refractivity (Wildman–Crippen MR) is 78.4 cm³/mol. The minimum Gasteiger partial charge on any atom is -0.497 e. The van der Waals surface area contributed by atoms with Gasteiger partial charge in [-0.05, 0) is 30.2 Å². The number of ether oxygens (including phenoxy) is 2. The molecule has 2 aliphatic heterocycles. The third kappa shape index (κ3) is 2.83. The molecule has 2 atom stereocenters. The molecular weight excluding hydrogens is 305 g/mol. The zero-order valence-corrected chi connectivity index (χ0v) is 12.8. The number of hydrogen-bond donors (Lipinski definition) is 1. The summed E-state index contributed by atoms with van der Waals surface area (Å²) in [4.78, 5) is 24.8. The molecule has 1 saturated heterocycles. The van der Waals surface area contributed by atoms with Gasteiger partial charge in [-0.25, -0.2) is 9.18 Å². The van der Waals surface area contributed by atoms with Crippen LogP contribution in [-0.4, -0.2) is 54.4 Å². The van der Waals surface area contributed by atoms with E-state index in [0.29, 0.717) is 17.9 Å². The van der Waals surface area contributed by atoms with Gasteiger partial charge in [0.2, 0.25) is 11.6 Å². The standard InChI is InChI=1S/C16H18FNO5/c1-22-12-2-3-13-10(7-12)6-11(8-23-13)14(19)18-5-4-16(17,9-18)15(20)21/h2-3,7,11H,4-6,8-9H2,1H3,(H,20,21). The Labute approximate surface area is 132 Å². The van der Waals surface area contributed by atoms with Gasteiger partial charge in [0.25, 0.3) is 0 Å². The SMILES string of the molecule is COc1ccc2c(c1)CC(C(=O)N1CCC(F)(C(=O)O)C1)CO2. The largest absolute Gasteiger partial charge is 0.497 e. The molecule has 0 aliphatic carbocycles. The quantitative estimate of drug-likeness (QED) is 0.906. The van der Waals surface area contributed by atoms with E-state index in [0.717, 1.165) is 5.56 Å². The number of aliphatic carboxylic acids is 1. The van der Waals surface area contributed by atoms with E-state index < -0.39 is 24.1 Å². The molecule has 1 aromatic rings. The zero-order valence-electron chi connectivity index (χ0n) is 12.8. The summed E-state index contributed by atoms with van der Waals surface area (Å²) in [5, 5.41) is 8.92. The van der Waals surface area contributed by atoms with Gasteiger partial charge < -0.3 is 19.5 Å². The molecule has 0 saturated carbocycles.